The summed E-state index contributed by atoms with van der Waals surface area (Å²) in [5, 5.41) is 3.32. The van der Waals surface area contributed by atoms with E-state index in [0.29, 0.717) is 6.04 Å². The van der Waals surface area contributed by atoms with Crippen LogP contribution in [0.25, 0.3) is 0 Å². The minimum atomic E-state index is 0.446. The summed E-state index contributed by atoms with van der Waals surface area (Å²) < 4.78 is 0. The highest BCUT2D eigenvalue weighted by molar-refractivity contribution is 4.91. The first-order valence-electron chi connectivity index (χ1n) is 4.34. The van der Waals surface area contributed by atoms with Gasteiger partial charge in [-0.3, -0.25) is 0 Å². The largest absolute Gasteiger partial charge is 0.326 e. The lowest BCUT2D eigenvalue weighted by atomic mass is 9.89. The molecule has 0 amide bonds. The van der Waals surface area contributed by atoms with Crippen molar-refractivity contribution in [2.45, 2.75) is 25.3 Å². The lowest BCUT2D eigenvalue weighted by Gasteiger charge is -2.29. The fraction of sp³-hybridized carbons (Fsp3) is 1.00. The third-order valence-corrected chi connectivity index (χ3v) is 2.81. The van der Waals surface area contributed by atoms with Crippen LogP contribution in [0.2, 0.25) is 0 Å². The van der Waals surface area contributed by atoms with Gasteiger partial charge in [0.15, 0.2) is 0 Å². The molecule has 1 aliphatic carbocycles. The highest BCUT2D eigenvalue weighted by Crippen LogP contribution is 2.40. The Hall–Kier alpha value is -0.0800. The van der Waals surface area contributed by atoms with Crippen molar-refractivity contribution in [2.75, 3.05) is 13.1 Å². The summed E-state index contributed by atoms with van der Waals surface area (Å²) in [7, 11) is 0. The van der Waals surface area contributed by atoms with Crippen LogP contribution in [0.5, 0.6) is 0 Å². The van der Waals surface area contributed by atoms with Crippen LogP contribution in [-0.2, 0) is 0 Å². The van der Waals surface area contributed by atoms with Gasteiger partial charge in [0.1, 0.15) is 0 Å². The van der Waals surface area contributed by atoms with Crippen molar-refractivity contribution in [3.8, 4) is 0 Å². The van der Waals surface area contributed by atoms with Crippen LogP contribution in [0, 0.1) is 11.8 Å². The molecule has 58 valence electrons. The molecule has 2 aliphatic rings. The highest BCUT2D eigenvalue weighted by atomic mass is 14.9. The van der Waals surface area contributed by atoms with Gasteiger partial charge in [-0.05, 0) is 37.6 Å². The van der Waals surface area contributed by atoms with E-state index in [-0.39, 0.29) is 0 Å². The van der Waals surface area contributed by atoms with Gasteiger partial charge in [0.05, 0.1) is 0 Å². The molecule has 2 fully saturated rings. The van der Waals surface area contributed by atoms with E-state index in [4.69, 9.17) is 5.73 Å². The number of nitrogens with two attached hydrogens (primary N) is 1. The first-order chi connectivity index (χ1) is 4.88. The summed E-state index contributed by atoms with van der Waals surface area (Å²) >= 11 is 0. The van der Waals surface area contributed by atoms with Gasteiger partial charge in [-0.25, -0.2) is 0 Å². The Morgan fingerprint density at radius 2 is 2.00 bits per heavy atom. The van der Waals surface area contributed by atoms with E-state index in [9.17, 15) is 0 Å². The van der Waals surface area contributed by atoms with Crippen molar-refractivity contribution in [3.63, 3.8) is 0 Å². The molecule has 1 saturated heterocycles. The Morgan fingerprint density at radius 3 is 2.60 bits per heavy atom. The van der Waals surface area contributed by atoms with Crippen LogP contribution in [-0.4, -0.2) is 19.1 Å². The maximum absolute atomic E-state index is 5.96. The van der Waals surface area contributed by atoms with Gasteiger partial charge in [0.2, 0.25) is 0 Å². The zero-order valence-electron chi connectivity index (χ0n) is 6.34. The predicted octanol–water partition coefficient (Wildman–Crippen LogP) is 0.333. The molecular weight excluding hydrogens is 124 g/mol. The van der Waals surface area contributed by atoms with Crippen LogP contribution in [0.15, 0.2) is 0 Å². The molecule has 0 radical (unpaired) electrons. The second kappa shape index (κ2) is 2.51. The first kappa shape index (κ1) is 6.62. The van der Waals surface area contributed by atoms with E-state index in [1.54, 1.807) is 0 Å². The van der Waals surface area contributed by atoms with Gasteiger partial charge in [-0.15, -0.1) is 0 Å². The van der Waals surface area contributed by atoms with E-state index in [2.05, 4.69) is 5.32 Å². The maximum Gasteiger partial charge on any atom is 0.0197 e. The molecule has 2 heteroatoms. The standard InChI is InChI=1S/C8H16N2/c9-8-5-10-4-3-7(8)6-1-2-6/h6-8,10H,1-5,9H2. The summed E-state index contributed by atoms with van der Waals surface area (Å²) in [6, 6.07) is 0.446. The zero-order valence-corrected chi connectivity index (χ0v) is 6.34. The van der Waals surface area contributed by atoms with E-state index in [1.807, 2.05) is 0 Å². The smallest absolute Gasteiger partial charge is 0.0197 e. The summed E-state index contributed by atoms with van der Waals surface area (Å²) in [5.74, 6) is 1.85. The first-order valence-corrected chi connectivity index (χ1v) is 4.34. The van der Waals surface area contributed by atoms with Crippen molar-refractivity contribution in [1.29, 1.82) is 0 Å². The third-order valence-electron chi connectivity index (χ3n) is 2.81. The minimum Gasteiger partial charge on any atom is -0.326 e. The molecule has 1 aliphatic heterocycles. The van der Waals surface area contributed by atoms with Crippen molar-refractivity contribution < 1.29 is 0 Å². The average Bonchev–Trinajstić information content (AvgIpc) is 2.71. The van der Waals surface area contributed by atoms with Crippen LogP contribution < -0.4 is 11.1 Å². The second-order valence-electron chi connectivity index (χ2n) is 3.66. The fourth-order valence-electron chi connectivity index (χ4n) is 2.01. The second-order valence-corrected chi connectivity index (χ2v) is 3.66. The Labute approximate surface area is 62.2 Å². The number of nitrogens with one attached hydrogen (secondary N) is 1. The van der Waals surface area contributed by atoms with Crippen LogP contribution in [0.4, 0.5) is 0 Å². The molecule has 2 rings (SSSR count). The summed E-state index contributed by atoms with van der Waals surface area (Å²) in [5.41, 5.74) is 5.96. The Balaban J connectivity index is 1.90. The van der Waals surface area contributed by atoms with Gasteiger partial charge in [0, 0.05) is 12.6 Å². The molecule has 3 N–H and O–H groups in total. The van der Waals surface area contributed by atoms with Gasteiger partial charge in [0.25, 0.3) is 0 Å². The quantitative estimate of drug-likeness (QED) is 0.551. The number of piperidine rings is 1. The Kier molecular flexibility index (Phi) is 1.66. The van der Waals surface area contributed by atoms with Gasteiger partial charge < -0.3 is 11.1 Å². The number of hydrogen-bond acceptors (Lipinski definition) is 2. The maximum atomic E-state index is 5.96. The lowest BCUT2D eigenvalue weighted by Crippen LogP contribution is -2.46. The Morgan fingerprint density at radius 1 is 1.20 bits per heavy atom. The van der Waals surface area contributed by atoms with E-state index in [1.165, 1.54) is 25.8 Å². The SMILES string of the molecule is NC1CNCCC1C1CC1. The van der Waals surface area contributed by atoms with Crippen molar-refractivity contribution in [2.24, 2.45) is 17.6 Å². The van der Waals surface area contributed by atoms with Crippen LogP contribution in [0.3, 0.4) is 0 Å². The predicted molar refractivity (Wildman–Crippen MR) is 41.7 cm³/mol. The summed E-state index contributed by atoms with van der Waals surface area (Å²) in [6.07, 6.45) is 4.20. The average molecular weight is 140 g/mol. The van der Waals surface area contributed by atoms with Crippen LogP contribution >= 0.6 is 0 Å². The molecule has 0 aromatic rings. The molecule has 2 nitrogen and oxygen atoms in total. The molecule has 2 atom stereocenters. The molecule has 2 unspecified atom stereocenters. The molecule has 0 aromatic heterocycles. The fourth-order valence-corrected chi connectivity index (χ4v) is 2.01. The van der Waals surface area contributed by atoms with Gasteiger partial charge in [-0.2, -0.15) is 0 Å². The molecule has 1 heterocycles. The van der Waals surface area contributed by atoms with Crippen molar-refractivity contribution in [3.05, 3.63) is 0 Å². The zero-order chi connectivity index (χ0) is 6.97. The molecule has 0 bridgehead atoms. The minimum absolute atomic E-state index is 0.446. The molecule has 1 saturated carbocycles. The summed E-state index contributed by atoms with van der Waals surface area (Å²) in [4.78, 5) is 0. The van der Waals surface area contributed by atoms with Crippen molar-refractivity contribution in [1.82, 2.24) is 5.32 Å². The molecular formula is C8H16N2. The normalized spacial score (nSPS) is 41.7. The third kappa shape index (κ3) is 1.18. The molecule has 0 spiro atoms. The lowest BCUT2D eigenvalue weighted by molar-refractivity contribution is 0.292. The monoisotopic (exact) mass is 140 g/mol. The van der Waals surface area contributed by atoms with E-state index < -0.39 is 0 Å². The van der Waals surface area contributed by atoms with Gasteiger partial charge in [-0.1, -0.05) is 0 Å². The van der Waals surface area contributed by atoms with E-state index in [0.717, 1.165) is 18.4 Å². The number of hydrogen-bond donors (Lipinski definition) is 2. The Bertz CT molecular complexity index is 120. The summed E-state index contributed by atoms with van der Waals surface area (Å²) in [6.45, 7) is 2.23. The van der Waals surface area contributed by atoms with E-state index >= 15 is 0 Å². The molecule has 10 heavy (non-hydrogen) atoms. The number of rotatable bonds is 1. The topological polar surface area (TPSA) is 38.0 Å². The van der Waals surface area contributed by atoms with Crippen molar-refractivity contribution >= 4 is 0 Å². The van der Waals surface area contributed by atoms with Gasteiger partial charge >= 0.3 is 0 Å². The highest BCUT2D eigenvalue weighted by Gasteiger charge is 2.35. The molecule has 0 aromatic carbocycles. The van der Waals surface area contributed by atoms with Crippen LogP contribution in [0.1, 0.15) is 19.3 Å².